The fraction of sp³-hybridized carbons (Fsp3) is 0.0667. The summed E-state index contributed by atoms with van der Waals surface area (Å²) in [4.78, 5) is 10.9. The maximum absolute atomic E-state index is 10.9. The Morgan fingerprint density at radius 2 is 1.86 bits per heavy atom. The Labute approximate surface area is 125 Å². The zero-order valence-corrected chi connectivity index (χ0v) is 11.3. The second-order valence-electron chi connectivity index (χ2n) is 4.40. The fourth-order valence-corrected chi connectivity index (χ4v) is 1.80. The summed E-state index contributed by atoms with van der Waals surface area (Å²) in [7, 11) is 0. The van der Waals surface area contributed by atoms with Crippen molar-refractivity contribution in [3.05, 3.63) is 59.2 Å². The van der Waals surface area contributed by atoms with E-state index < -0.39 is 17.9 Å². The molecule has 0 radical (unpaired) electrons. The lowest BCUT2D eigenvalue weighted by atomic mass is 10.1. The molecule has 5 N–H and O–H groups in total. The number of phenolic OH excluding ortho intramolecular Hbond substituents is 1. The first-order valence-corrected chi connectivity index (χ1v) is 6.30. The monoisotopic (exact) mass is 302 g/mol. The van der Waals surface area contributed by atoms with Gasteiger partial charge in [-0.2, -0.15) is 5.10 Å². The molecular weight excluding hydrogens is 288 g/mol. The Kier molecular flexibility index (Phi) is 4.60. The highest BCUT2D eigenvalue weighted by Gasteiger charge is 2.12. The summed E-state index contributed by atoms with van der Waals surface area (Å²) in [6.07, 6.45) is -0.0763. The first-order chi connectivity index (χ1) is 10.5. The van der Waals surface area contributed by atoms with Crippen LogP contribution in [-0.4, -0.2) is 32.6 Å². The van der Waals surface area contributed by atoms with Crippen LogP contribution in [0.15, 0.2) is 47.6 Å². The van der Waals surface area contributed by atoms with Gasteiger partial charge in [0, 0.05) is 11.1 Å². The van der Waals surface area contributed by atoms with Crippen LogP contribution in [0.5, 0.6) is 11.5 Å². The number of nitrogens with one attached hydrogen (secondary N) is 1. The molecule has 0 aliphatic heterocycles. The van der Waals surface area contributed by atoms with Crippen LogP contribution in [0.2, 0.25) is 0 Å². The van der Waals surface area contributed by atoms with Gasteiger partial charge in [0.2, 0.25) is 0 Å². The number of aromatic carboxylic acids is 1. The van der Waals surface area contributed by atoms with Crippen molar-refractivity contribution in [3.63, 3.8) is 0 Å². The Morgan fingerprint density at radius 3 is 2.55 bits per heavy atom. The Bertz CT molecular complexity index is 715. The summed E-state index contributed by atoms with van der Waals surface area (Å²) < 4.78 is 0. The van der Waals surface area contributed by atoms with Crippen LogP contribution in [0.4, 0.5) is 0 Å². The van der Waals surface area contributed by atoms with Gasteiger partial charge in [0.05, 0.1) is 6.21 Å². The van der Waals surface area contributed by atoms with Gasteiger partial charge in [-0.25, -0.2) is 4.79 Å². The minimum Gasteiger partial charge on any atom is -0.507 e. The lowest BCUT2D eigenvalue weighted by molar-refractivity contribution is 0.0693. The molecule has 0 fully saturated rings. The fourth-order valence-electron chi connectivity index (χ4n) is 1.80. The Balaban J connectivity index is 2.12. The van der Waals surface area contributed by atoms with Crippen molar-refractivity contribution in [3.8, 4) is 11.5 Å². The minimum absolute atomic E-state index is 0.0894. The predicted octanol–water partition coefficient (Wildman–Crippen LogP) is 1.41. The Morgan fingerprint density at radius 1 is 1.14 bits per heavy atom. The number of hydrazone groups is 1. The number of carboxylic acid groups (broad SMARTS) is 1. The SMILES string of the molecule is O=C(O)c1cccc(/C=N/NC(O)c2ccccc2O)c1O. The number of carbonyl (C=O) groups is 1. The second-order valence-corrected chi connectivity index (χ2v) is 4.40. The molecule has 7 heteroatoms. The third-order valence-corrected chi connectivity index (χ3v) is 2.93. The van der Waals surface area contributed by atoms with E-state index in [-0.39, 0.29) is 22.4 Å². The maximum atomic E-state index is 10.9. The van der Waals surface area contributed by atoms with Crippen molar-refractivity contribution in [2.24, 2.45) is 5.10 Å². The average molecular weight is 302 g/mol. The van der Waals surface area contributed by atoms with Crippen molar-refractivity contribution in [2.45, 2.75) is 6.23 Å². The lowest BCUT2D eigenvalue weighted by Crippen LogP contribution is -2.15. The van der Waals surface area contributed by atoms with Gasteiger partial charge in [0.25, 0.3) is 0 Å². The van der Waals surface area contributed by atoms with Crippen LogP contribution >= 0.6 is 0 Å². The number of para-hydroxylation sites is 2. The molecular formula is C15H14N2O5. The first kappa shape index (κ1) is 15.3. The van der Waals surface area contributed by atoms with E-state index in [0.29, 0.717) is 0 Å². The zero-order valence-electron chi connectivity index (χ0n) is 11.3. The topological polar surface area (TPSA) is 122 Å². The molecule has 0 aliphatic carbocycles. The van der Waals surface area contributed by atoms with Gasteiger partial charge < -0.3 is 20.4 Å². The molecule has 0 amide bonds. The number of hydrogen-bond donors (Lipinski definition) is 5. The molecule has 0 heterocycles. The number of aliphatic hydroxyl groups excluding tert-OH is 1. The molecule has 1 atom stereocenters. The van der Waals surface area contributed by atoms with E-state index in [1.165, 1.54) is 36.5 Å². The molecule has 2 aromatic carbocycles. The molecule has 0 aliphatic rings. The smallest absolute Gasteiger partial charge is 0.339 e. The van der Waals surface area contributed by atoms with Crippen molar-refractivity contribution in [2.75, 3.05) is 0 Å². The largest absolute Gasteiger partial charge is 0.507 e. The number of rotatable bonds is 5. The van der Waals surface area contributed by atoms with Crippen LogP contribution in [0.25, 0.3) is 0 Å². The van der Waals surface area contributed by atoms with Gasteiger partial charge in [-0.15, -0.1) is 0 Å². The first-order valence-electron chi connectivity index (χ1n) is 6.30. The number of nitrogens with zero attached hydrogens (tertiary/aromatic N) is 1. The van der Waals surface area contributed by atoms with E-state index in [0.717, 1.165) is 0 Å². The molecule has 0 saturated carbocycles. The molecule has 2 aromatic rings. The number of aromatic hydroxyl groups is 2. The minimum atomic E-state index is -1.25. The number of phenols is 2. The highest BCUT2D eigenvalue weighted by molar-refractivity contribution is 5.95. The number of benzene rings is 2. The molecule has 22 heavy (non-hydrogen) atoms. The second kappa shape index (κ2) is 6.59. The zero-order chi connectivity index (χ0) is 16.1. The third-order valence-electron chi connectivity index (χ3n) is 2.93. The predicted molar refractivity (Wildman–Crippen MR) is 78.9 cm³/mol. The van der Waals surface area contributed by atoms with E-state index in [9.17, 15) is 20.1 Å². The van der Waals surface area contributed by atoms with Crippen LogP contribution in [0.1, 0.15) is 27.7 Å². The quantitative estimate of drug-likeness (QED) is 0.323. The summed E-state index contributed by atoms with van der Waals surface area (Å²) in [6, 6.07) is 10.4. The van der Waals surface area contributed by atoms with Crippen LogP contribution in [-0.2, 0) is 0 Å². The molecule has 7 nitrogen and oxygen atoms in total. The molecule has 0 saturated heterocycles. The molecule has 1 unspecified atom stereocenters. The summed E-state index contributed by atoms with van der Waals surface area (Å²) in [5.41, 5.74) is 2.54. The molecule has 0 spiro atoms. The van der Waals surface area contributed by atoms with E-state index in [1.807, 2.05) is 0 Å². The highest BCUT2D eigenvalue weighted by atomic mass is 16.4. The normalized spacial score (nSPS) is 12.2. The van der Waals surface area contributed by atoms with Gasteiger partial charge in [-0.3, -0.25) is 5.43 Å². The number of carboxylic acids is 1. The molecule has 0 aromatic heterocycles. The lowest BCUT2D eigenvalue weighted by Gasteiger charge is -2.11. The van der Waals surface area contributed by atoms with Crippen molar-refractivity contribution >= 4 is 12.2 Å². The highest BCUT2D eigenvalue weighted by Crippen LogP contribution is 2.22. The number of hydrogen-bond acceptors (Lipinski definition) is 6. The van der Waals surface area contributed by atoms with E-state index in [1.54, 1.807) is 12.1 Å². The van der Waals surface area contributed by atoms with E-state index in [4.69, 9.17) is 5.11 Å². The van der Waals surface area contributed by atoms with E-state index >= 15 is 0 Å². The van der Waals surface area contributed by atoms with E-state index in [2.05, 4.69) is 10.5 Å². The van der Waals surface area contributed by atoms with Gasteiger partial charge in [-0.1, -0.05) is 24.3 Å². The van der Waals surface area contributed by atoms with Crippen molar-refractivity contribution in [1.82, 2.24) is 5.43 Å². The summed E-state index contributed by atoms with van der Waals surface area (Å²) in [6.45, 7) is 0. The van der Waals surface area contributed by atoms with Gasteiger partial charge >= 0.3 is 5.97 Å². The van der Waals surface area contributed by atoms with Gasteiger partial charge in [0.15, 0.2) is 6.23 Å². The van der Waals surface area contributed by atoms with Crippen LogP contribution < -0.4 is 5.43 Å². The molecule has 114 valence electrons. The van der Waals surface area contributed by atoms with Crippen molar-refractivity contribution < 1.29 is 25.2 Å². The third kappa shape index (κ3) is 3.33. The van der Waals surface area contributed by atoms with Gasteiger partial charge in [0.1, 0.15) is 17.1 Å². The maximum Gasteiger partial charge on any atom is 0.339 e. The Hall–Kier alpha value is -3.06. The molecule has 0 bridgehead atoms. The number of aliphatic hydroxyl groups is 1. The average Bonchev–Trinajstić information content (AvgIpc) is 2.49. The molecule has 2 rings (SSSR count). The van der Waals surface area contributed by atoms with Crippen LogP contribution in [0.3, 0.4) is 0 Å². The standard InChI is InChI=1S/C15H14N2O5/c18-12-7-2-1-5-10(12)14(20)17-16-8-9-4-3-6-11(13(9)19)15(21)22/h1-8,14,17-20H,(H,21,22)/b16-8+. The van der Waals surface area contributed by atoms with Crippen LogP contribution in [0, 0.1) is 0 Å². The van der Waals surface area contributed by atoms with Gasteiger partial charge in [-0.05, 0) is 18.2 Å². The summed E-state index contributed by atoms with van der Waals surface area (Å²) in [5, 5.41) is 41.8. The van der Waals surface area contributed by atoms with Crippen molar-refractivity contribution in [1.29, 1.82) is 0 Å². The summed E-state index contributed by atoms with van der Waals surface area (Å²) >= 11 is 0. The summed E-state index contributed by atoms with van der Waals surface area (Å²) in [5.74, 6) is -1.76.